The molecule has 2 unspecified atom stereocenters. The van der Waals surface area contributed by atoms with Crippen molar-refractivity contribution in [2.24, 2.45) is 0 Å². The Morgan fingerprint density at radius 3 is 2.35 bits per heavy atom. The molecule has 0 fully saturated rings. The first-order valence-corrected chi connectivity index (χ1v) is 9.03. The first-order valence-electron chi connectivity index (χ1n) is 6.58. The van der Waals surface area contributed by atoms with Crippen LogP contribution < -0.4 is 4.18 Å². The van der Waals surface area contributed by atoms with Crippen LogP contribution in [0.1, 0.15) is 0 Å². The second kappa shape index (κ2) is 7.23. The van der Waals surface area contributed by atoms with Gasteiger partial charge >= 0.3 is 11.4 Å². The first-order chi connectivity index (χ1) is 11.1. The summed E-state index contributed by atoms with van der Waals surface area (Å²) in [5.74, 6) is 0.197. The van der Waals surface area contributed by atoms with E-state index < -0.39 is 22.4 Å². The van der Waals surface area contributed by atoms with E-state index in [-0.39, 0.29) is 5.75 Å². The Morgan fingerprint density at radius 1 is 0.826 bits per heavy atom. The molecule has 2 atom stereocenters. The molecular weight excluding hydrogens is 356 g/mol. The summed E-state index contributed by atoms with van der Waals surface area (Å²) < 4.78 is 34.3. The monoisotopic (exact) mass is 366 g/mol. The van der Waals surface area contributed by atoms with Gasteiger partial charge in [-0.15, -0.1) is 0 Å². The summed E-state index contributed by atoms with van der Waals surface area (Å²) in [6.07, 6.45) is 0. The smallest absolute Gasteiger partial charge is 0.374 e. The zero-order chi connectivity index (χ0) is 16.2. The molecule has 0 saturated carbocycles. The molecule has 0 saturated heterocycles. The van der Waals surface area contributed by atoms with Crippen molar-refractivity contribution in [3.05, 3.63) is 71.8 Å². The number of halogens is 1. The van der Waals surface area contributed by atoms with Gasteiger partial charge in [0.1, 0.15) is 0 Å². The summed E-state index contributed by atoms with van der Waals surface area (Å²) in [5.41, 5.74) is 0. The van der Waals surface area contributed by atoms with E-state index in [1.54, 1.807) is 36.4 Å². The van der Waals surface area contributed by atoms with Crippen molar-refractivity contribution in [3.63, 3.8) is 0 Å². The Hall–Kier alpha value is -1.73. The van der Waals surface area contributed by atoms with Crippen LogP contribution in [-0.4, -0.2) is 8.42 Å². The number of fused-ring (bicyclic) bond motifs is 1. The van der Waals surface area contributed by atoms with Gasteiger partial charge in [0.05, 0.1) is 9.92 Å². The van der Waals surface area contributed by atoms with Crippen LogP contribution in [0.15, 0.2) is 71.6 Å². The summed E-state index contributed by atoms with van der Waals surface area (Å²) in [7, 11) is 0. The number of rotatable bonds is 5. The highest BCUT2D eigenvalue weighted by Gasteiger charge is 2.15. The second-order valence-corrected chi connectivity index (χ2v) is 6.93. The maximum atomic E-state index is 12.3. The third kappa shape index (κ3) is 3.79. The minimum Gasteiger partial charge on any atom is -0.378 e. The quantitative estimate of drug-likeness (QED) is 0.679. The summed E-state index contributed by atoms with van der Waals surface area (Å²) in [6, 6.07) is 19.3. The van der Waals surface area contributed by atoms with Crippen LogP contribution in [0.4, 0.5) is 0 Å². The van der Waals surface area contributed by atoms with Crippen LogP contribution in [-0.2, 0) is 26.1 Å². The molecule has 0 spiro atoms. The van der Waals surface area contributed by atoms with Crippen LogP contribution in [0.25, 0.3) is 10.8 Å². The average Bonchev–Trinajstić information content (AvgIpc) is 2.56. The number of para-hydroxylation sites is 1. The number of hydrogen-bond acceptors (Lipinski definition) is 4. The standard InChI is InChI=1S/C16H11ClO4S2/c17-14-9-3-4-10-15(14)20-23(19)21-22(18)16-11-5-7-12-6-1-2-8-13(12)16/h1-11H. The Labute approximate surface area is 143 Å². The van der Waals surface area contributed by atoms with Crippen LogP contribution >= 0.6 is 11.6 Å². The maximum absolute atomic E-state index is 12.3. The highest BCUT2D eigenvalue weighted by Crippen LogP contribution is 2.26. The average molecular weight is 367 g/mol. The molecule has 3 aromatic rings. The van der Waals surface area contributed by atoms with E-state index in [0.29, 0.717) is 9.92 Å². The lowest BCUT2D eigenvalue weighted by atomic mass is 10.1. The molecule has 0 N–H and O–H groups in total. The predicted octanol–water partition coefficient (Wildman–Crippen LogP) is 4.19. The molecular formula is C16H11ClO4S2. The molecule has 0 aliphatic heterocycles. The predicted molar refractivity (Wildman–Crippen MR) is 91.7 cm³/mol. The molecule has 0 aliphatic carbocycles. The molecule has 0 heterocycles. The van der Waals surface area contributed by atoms with E-state index in [4.69, 9.17) is 19.4 Å². The van der Waals surface area contributed by atoms with Gasteiger partial charge < -0.3 is 4.18 Å². The van der Waals surface area contributed by atoms with Gasteiger partial charge in [-0.1, -0.05) is 60.1 Å². The molecule has 118 valence electrons. The van der Waals surface area contributed by atoms with Crippen molar-refractivity contribution in [3.8, 4) is 5.75 Å². The van der Waals surface area contributed by atoms with Gasteiger partial charge in [-0.25, -0.2) is 4.21 Å². The first kappa shape index (κ1) is 16.1. The molecule has 0 aromatic heterocycles. The van der Waals surface area contributed by atoms with Crippen molar-refractivity contribution in [1.82, 2.24) is 0 Å². The molecule has 0 amide bonds. The van der Waals surface area contributed by atoms with E-state index in [0.717, 1.165) is 10.8 Å². The lowest BCUT2D eigenvalue weighted by molar-refractivity contribution is 0.474. The molecule has 0 bridgehead atoms. The van der Waals surface area contributed by atoms with Crippen LogP contribution in [0.3, 0.4) is 0 Å². The largest absolute Gasteiger partial charge is 0.378 e. The Morgan fingerprint density at radius 2 is 1.52 bits per heavy atom. The molecule has 3 rings (SSSR count). The van der Waals surface area contributed by atoms with Gasteiger partial charge in [-0.3, -0.25) is 0 Å². The van der Waals surface area contributed by atoms with Crippen molar-refractivity contribution >= 4 is 44.8 Å². The highest BCUT2D eigenvalue weighted by molar-refractivity contribution is 7.91. The minimum absolute atomic E-state index is 0.197. The van der Waals surface area contributed by atoms with E-state index in [1.807, 2.05) is 30.3 Å². The van der Waals surface area contributed by atoms with Gasteiger partial charge in [0.15, 0.2) is 5.75 Å². The summed E-state index contributed by atoms with van der Waals surface area (Å²) in [6.45, 7) is 0. The summed E-state index contributed by atoms with van der Waals surface area (Å²) >= 11 is 1.73. The van der Waals surface area contributed by atoms with Gasteiger partial charge in [0.25, 0.3) is 0 Å². The number of benzene rings is 3. The highest BCUT2D eigenvalue weighted by atomic mass is 35.5. The van der Waals surface area contributed by atoms with Gasteiger partial charge in [0.2, 0.25) is 11.1 Å². The normalized spacial score (nSPS) is 13.6. The third-order valence-corrected chi connectivity index (χ3v) is 5.32. The third-order valence-electron chi connectivity index (χ3n) is 3.04. The summed E-state index contributed by atoms with van der Waals surface area (Å²) in [5, 5.41) is 1.98. The van der Waals surface area contributed by atoms with Gasteiger partial charge in [-0.2, -0.15) is 7.84 Å². The van der Waals surface area contributed by atoms with E-state index in [2.05, 4.69) is 0 Å². The van der Waals surface area contributed by atoms with Crippen LogP contribution in [0.2, 0.25) is 5.02 Å². The lowest BCUT2D eigenvalue weighted by Crippen LogP contribution is -2.08. The molecule has 23 heavy (non-hydrogen) atoms. The SMILES string of the molecule is O=S(Oc1ccccc1Cl)OS(=O)c1cccc2ccccc12. The van der Waals surface area contributed by atoms with E-state index in [9.17, 15) is 8.42 Å². The lowest BCUT2D eigenvalue weighted by Gasteiger charge is -2.07. The van der Waals surface area contributed by atoms with Crippen molar-refractivity contribution in [2.45, 2.75) is 4.90 Å². The Bertz CT molecular complexity index is 893. The fourth-order valence-electron chi connectivity index (χ4n) is 2.03. The fourth-order valence-corrected chi connectivity index (χ4v) is 3.90. The zero-order valence-electron chi connectivity index (χ0n) is 11.7. The Kier molecular flexibility index (Phi) is 5.07. The second-order valence-electron chi connectivity index (χ2n) is 4.50. The van der Waals surface area contributed by atoms with Crippen LogP contribution in [0.5, 0.6) is 5.75 Å². The Balaban J connectivity index is 1.78. The van der Waals surface area contributed by atoms with Crippen molar-refractivity contribution < 1.29 is 16.2 Å². The molecule has 4 nitrogen and oxygen atoms in total. The minimum atomic E-state index is -2.24. The maximum Gasteiger partial charge on any atom is 0.374 e. The fraction of sp³-hybridized carbons (Fsp3) is 0. The van der Waals surface area contributed by atoms with E-state index >= 15 is 0 Å². The van der Waals surface area contributed by atoms with Gasteiger partial charge in [0, 0.05) is 5.39 Å². The molecule has 3 aromatic carbocycles. The van der Waals surface area contributed by atoms with Gasteiger partial charge in [-0.05, 0) is 23.6 Å². The van der Waals surface area contributed by atoms with Crippen LogP contribution in [0, 0.1) is 0 Å². The topological polar surface area (TPSA) is 52.6 Å². The molecule has 0 radical (unpaired) electrons. The molecule has 0 aliphatic rings. The zero-order valence-corrected chi connectivity index (χ0v) is 14.1. The van der Waals surface area contributed by atoms with Crippen molar-refractivity contribution in [2.75, 3.05) is 0 Å². The summed E-state index contributed by atoms with van der Waals surface area (Å²) in [4.78, 5) is 0.430. The van der Waals surface area contributed by atoms with Crippen molar-refractivity contribution in [1.29, 1.82) is 0 Å². The number of hydrogen-bond donors (Lipinski definition) is 0. The molecule has 7 heteroatoms. The van der Waals surface area contributed by atoms with E-state index in [1.165, 1.54) is 0 Å².